The number of esters is 1. The van der Waals surface area contributed by atoms with Crippen LogP contribution >= 0.6 is 0 Å². The van der Waals surface area contributed by atoms with Gasteiger partial charge in [-0.25, -0.2) is 8.78 Å². The zero-order valence-corrected chi connectivity index (χ0v) is 6.99. The van der Waals surface area contributed by atoms with Gasteiger partial charge in [-0.05, 0) is 6.92 Å². The quantitative estimate of drug-likeness (QED) is 0.592. The molecule has 0 bridgehead atoms. The molecule has 70 valence electrons. The molecule has 1 fully saturated rings. The molecule has 1 rings (SSSR count). The second-order valence-corrected chi connectivity index (χ2v) is 3.13. The van der Waals surface area contributed by atoms with Crippen LogP contribution in [0, 0.1) is 5.41 Å². The Bertz CT molecular complexity index is 208. The van der Waals surface area contributed by atoms with Crippen molar-refractivity contribution in [2.75, 3.05) is 20.2 Å². The van der Waals surface area contributed by atoms with Crippen LogP contribution in [0.25, 0.3) is 0 Å². The number of nitrogens with one attached hydrogen (secondary N) is 1. The number of carbonyl (C=O) groups excluding carboxylic acids is 1. The monoisotopic (exact) mass is 179 g/mol. The number of carbonyl (C=O) groups is 1. The number of rotatable bonds is 1. The van der Waals surface area contributed by atoms with E-state index in [4.69, 9.17) is 0 Å². The molecule has 0 aliphatic carbocycles. The molecule has 0 saturated carbocycles. The second kappa shape index (κ2) is 2.65. The van der Waals surface area contributed by atoms with Gasteiger partial charge in [0.05, 0.1) is 13.7 Å². The molecule has 1 unspecified atom stereocenters. The van der Waals surface area contributed by atoms with Crippen molar-refractivity contribution in [3.8, 4) is 0 Å². The Labute approximate surface area is 69.1 Å². The zero-order valence-electron chi connectivity index (χ0n) is 6.99. The van der Waals surface area contributed by atoms with E-state index in [1.54, 1.807) is 0 Å². The summed E-state index contributed by atoms with van der Waals surface area (Å²) in [5, 5.41) is 2.47. The van der Waals surface area contributed by atoms with Crippen LogP contribution in [-0.4, -0.2) is 32.1 Å². The van der Waals surface area contributed by atoms with Crippen molar-refractivity contribution in [1.29, 1.82) is 0 Å². The first-order chi connectivity index (χ1) is 5.44. The molecule has 1 heterocycles. The summed E-state index contributed by atoms with van der Waals surface area (Å²) in [4.78, 5) is 11.0. The molecular formula is C7H11F2NO2. The Morgan fingerprint density at radius 2 is 2.08 bits per heavy atom. The summed E-state index contributed by atoms with van der Waals surface area (Å²) >= 11 is 0. The van der Waals surface area contributed by atoms with E-state index in [1.165, 1.54) is 6.92 Å². The number of hydrogen-bond acceptors (Lipinski definition) is 3. The van der Waals surface area contributed by atoms with Crippen LogP contribution in [0.2, 0.25) is 0 Å². The number of halogens is 2. The smallest absolute Gasteiger partial charge is 0.319 e. The van der Waals surface area contributed by atoms with Gasteiger partial charge >= 0.3 is 5.97 Å². The van der Waals surface area contributed by atoms with Crippen molar-refractivity contribution in [2.45, 2.75) is 12.8 Å². The summed E-state index contributed by atoms with van der Waals surface area (Å²) in [6.45, 7) is 0.712. The fourth-order valence-corrected chi connectivity index (χ4v) is 1.24. The van der Waals surface area contributed by atoms with Gasteiger partial charge in [-0.1, -0.05) is 0 Å². The predicted molar refractivity (Wildman–Crippen MR) is 37.9 cm³/mol. The Morgan fingerprint density at radius 3 is 2.42 bits per heavy atom. The van der Waals surface area contributed by atoms with E-state index in [2.05, 4.69) is 10.1 Å². The van der Waals surface area contributed by atoms with E-state index in [-0.39, 0.29) is 6.54 Å². The lowest BCUT2D eigenvalue weighted by Gasteiger charge is -2.26. The summed E-state index contributed by atoms with van der Waals surface area (Å²) in [7, 11) is 1.11. The van der Waals surface area contributed by atoms with Crippen molar-refractivity contribution in [3.63, 3.8) is 0 Å². The van der Waals surface area contributed by atoms with Crippen molar-refractivity contribution in [1.82, 2.24) is 5.32 Å². The summed E-state index contributed by atoms with van der Waals surface area (Å²) in [6, 6.07) is 0. The maximum absolute atomic E-state index is 13.1. The lowest BCUT2D eigenvalue weighted by Crippen LogP contribution is -2.44. The molecule has 0 amide bonds. The van der Waals surface area contributed by atoms with E-state index in [0.29, 0.717) is 0 Å². The van der Waals surface area contributed by atoms with Crippen LogP contribution < -0.4 is 5.32 Å². The van der Waals surface area contributed by atoms with E-state index in [9.17, 15) is 13.6 Å². The Kier molecular flexibility index (Phi) is 2.07. The van der Waals surface area contributed by atoms with Gasteiger partial charge in [0.1, 0.15) is 5.41 Å². The highest BCUT2D eigenvalue weighted by atomic mass is 19.3. The largest absolute Gasteiger partial charge is 0.468 e. The Morgan fingerprint density at radius 1 is 1.50 bits per heavy atom. The van der Waals surface area contributed by atoms with Crippen LogP contribution in [0.4, 0.5) is 8.78 Å². The molecule has 0 spiro atoms. The fourth-order valence-electron chi connectivity index (χ4n) is 1.24. The zero-order chi connectivity index (χ0) is 9.41. The topological polar surface area (TPSA) is 38.3 Å². The molecule has 1 N–H and O–H groups in total. The first-order valence-electron chi connectivity index (χ1n) is 3.61. The lowest BCUT2D eigenvalue weighted by atomic mass is 9.86. The molecule has 1 atom stereocenters. The average molecular weight is 179 g/mol. The van der Waals surface area contributed by atoms with Crippen LogP contribution in [0.1, 0.15) is 6.92 Å². The van der Waals surface area contributed by atoms with Crippen LogP contribution in [0.3, 0.4) is 0 Å². The summed E-state index contributed by atoms with van der Waals surface area (Å²) in [5.41, 5.74) is -1.71. The lowest BCUT2D eigenvalue weighted by molar-refractivity contribution is -0.169. The van der Waals surface area contributed by atoms with Gasteiger partial charge in [0.25, 0.3) is 5.92 Å². The molecule has 0 aromatic carbocycles. The van der Waals surface area contributed by atoms with Gasteiger partial charge in [-0.3, -0.25) is 4.79 Å². The predicted octanol–water partition coefficient (Wildman–Crippen LogP) is 0.404. The van der Waals surface area contributed by atoms with Crippen molar-refractivity contribution < 1.29 is 18.3 Å². The maximum atomic E-state index is 13.1. The van der Waals surface area contributed by atoms with Crippen LogP contribution in [0.15, 0.2) is 0 Å². The standard InChI is InChI=1S/C7H11F2NO2/c1-6(5(11)12-2)3-10-4-7(6,8)9/h10H,3-4H2,1-2H3. The number of alkyl halides is 2. The fraction of sp³-hybridized carbons (Fsp3) is 0.857. The molecule has 0 radical (unpaired) electrons. The van der Waals surface area contributed by atoms with Crippen molar-refractivity contribution in [2.24, 2.45) is 5.41 Å². The van der Waals surface area contributed by atoms with Crippen LogP contribution in [0.5, 0.6) is 0 Å². The van der Waals surface area contributed by atoms with Gasteiger partial charge in [0.15, 0.2) is 0 Å². The third kappa shape index (κ3) is 1.08. The molecule has 3 nitrogen and oxygen atoms in total. The van der Waals surface area contributed by atoms with Crippen molar-refractivity contribution >= 4 is 5.97 Å². The normalized spacial score (nSPS) is 33.3. The highest BCUT2D eigenvalue weighted by Gasteiger charge is 2.59. The minimum Gasteiger partial charge on any atom is -0.468 e. The number of hydrogen-bond donors (Lipinski definition) is 1. The Balaban J connectivity index is 2.90. The molecule has 1 saturated heterocycles. The van der Waals surface area contributed by atoms with Gasteiger partial charge in [0, 0.05) is 6.54 Å². The first-order valence-corrected chi connectivity index (χ1v) is 3.61. The summed E-state index contributed by atoms with van der Waals surface area (Å²) in [6.07, 6.45) is 0. The number of ether oxygens (including phenoxy) is 1. The molecular weight excluding hydrogens is 168 g/mol. The maximum Gasteiger partial charge on any atom is 0.319 e. The molecule has 5 heteroatoms. The van der Waals surface area contributed by atoms with E-state index < -0.39 is 23.9 Å². The molecule has 12 heavy (non-hydrogen) atoms. The second-order valence-electron chi connectivity index (χ2n) is 3.13. The van der Waals surface area contributed by atoms with E-state index >= 15 is 0 Å². The third-order valence-electron chi connectivity index (χ3n) is 2.27. The average Bonchev–Trinajstić information content (AvgIpc) is 2.26. The highest BCUT2D eigenvalue weighted by molar-refractivity contribution is 5.78. The van der Waals surface area contributed by atoms with Gasteiger partial charge in [-0.2, -0.15) is 0 Å². The summed E-state index contributed by atoms with van der Waals surface area (Å²) < 4.78 is 30.4. The minimum absolute atomic E-state index is 0.0350. The van der Waals surface area contributed by atoms with Gasteiger partial charge in [-0.15, -0.1) is 0 Å². The molecule has 1 aliphatic heterocycles. The number of methoxy groups -OCH3 is 1. The first kappa shape index (κ1) is 9.38. The van der Waals surface area contributed by atoms with E-state index in [1.807, 2.05) is 0 Å². The van der Waals surface area contributed by atoms with E-state index in [0.717, 1.165) is 7.11 Å². The van der Waals surface area contributed by atoms with Gasteiger partial charge in [0.2, 0.25) is 0 Å². The molecule has 0 aromatic heterocycles. The Hall–Kier alpha value is -0.710. The summed E-state index contributed by atoms with van der Waals surface area (Å²) in [5.74, 6) is -3.88. The molecule has 0 aromatic rings. The SMILES string of the molecule is COC(=O)C1(C)CNCC1(F)F. The van der Waals surface area contributed by atoms with Gasteiger partial charge < -0.3 is 10.1 Å². The molecule has 1 aliphatic rings. The minimum atomic E-state index is -3.01. The van der Waals surface area contributed by atoms with Crippen LogP contribution in [-0.2, 0) is 9.53 Å². The van der Waals surface area contributed by atoms with Crippen molar-refractivity contribution in [3.05, 3.63) is 0 Å². The highest BCUT2D eigenvalue weighted by Crippen LogP contribution is 2.40. The third-order valence-corrected chi connectivity index (χ3v) is 2.27.